The SMILES string of the molecule is CC[NH+]1CCN(C2=NC(=O)C(=Cc3ccc(C)o3)S2)CC1. The van der Waals surface area contributed by atoms with Crippen molar-refractivity contribution >= 4 is 28.9 Å². The van der Waals surface area contributed by atoms with Crippen molar-refractivity contribution in [1.29, 1.82) is 0 Å². The number of aryl methyl sites for hydroxylation is 1. The van der Waals surface area contributed by atoms with E-state index in [1.807, 2.05) is 19.1 Å². The van der Waals surface area contributed by atoms with Crippen LogP contribution >= 0.6 is 11.8 Å². The standard InChI is InChI=1S/C15H19N3O2S/c1-3-17-6-8-18(9-7-17)15-16-14(19)13(21-15)10-12-5-4-11(2)20-12/h4-5,10H,3,6-9H2,1-2H3/p+1. The zero-order valence-corrected chi connectivity index (χ0v) is 13.2. The number of amides is 1. The number of amidine groups is 1. The average Bonchev–Trinajstić information content (AvgIpc) is 3.06. The third-order valence-electron chi connectivity index (χ3n) is 3.88. The zero-order valence-electron chi connectivity index (χ0n) is 12.4. The van der Waals surface area contributed by atoms with Crippen molar-refractivity contribution in [3.05, 3.63) is 28.6 Å². The van der Waals surface area contributed by atoms with Gasteiger partial charge in [-0.15, -0.1) is 0 Å². The predicted octanol–water partition coefficient (Wildman–Crippen LogP) is 0.779. The molecular formula is C15H20N3O2S+. The number of rotatable bonds is 2. The number of hydrogen-bond acceptors (Lipinski definition) is 4. The molecule has 0 radical (unpaired) electrons. The summed E-state index contributed by atoms with van der Waals surface area (Å²) in [6, 6.07) is 3.77. The third kappa shape index (κ3) is 3.22. The summed E-state index contributed by atoms with van der Waals surface area (Å²) in [6.45, 7) is 9.42. The van der Waals surface area contributed by atoms with E-state index in [0.717, 1.165) is 43.7 Å². The van der Waals surface area contributed by atoms with Gasteiger partial charge in [-0.05, 0) is 37.7 Å². The molecule has 0 aliphatic carbocycles. The molecule has 1 N–H and O–H groups in total. The molecular weight excluding hydrogens is 286 g/mol. The van der Waals surface area contributed by atoms with E-state index in [-0.39, 0.29) is 5.91 Å². The molecule has 2 aliphatic rings. The molecule has 3 rings (SSSR count). The fourth-order valence-corrected chi connectivity index (χ4v) is 3.51. The molecule has 1 aromatic heterocycles. The highest BCUT2D eigenvalue weighted by atomic mass is 32.2. The highest BCUT2D eigenvalue weighted by molar-refractivity contribution is 8.18. The number of nitrogens with one attached hydrogen (secondary N) is 1. The molecule has 0 atom stereocenters. The summed E-state index contributed by atoms with van der Waals surface area (Å²) in [6.07, 6.45) is 1.78. The first-order valence-electron chi connectivity index (χ1n) is 7.33. The molecule has 3 heterocycles. The number of carbonyl (C=O) groups excluding carboxylic acids is 1. The highest BCUT2D eigenvalue weighted by Crippen LogP contribution is 2.30. The minimum atomic E-state index is -0.158. The summed E-state index contributed by atoms with van der Waals surface area (Å²) in [5, 5.41) is 0.838. The van der Waals surface area contributed by atoms with Gasteiger partial charge in [0.05, 0.1) is 37.6 Å². The number of quaternary nitrogens is 1. The Morgan fingerprint density at radius 2 is 2.19 bits per heavy atom. The largest absolute Gasteiger partial charge is 0.462 e. The van der Waals surface area contributed by atoms with Crippen LogP contribution in [-0.2, 0) is 4.79 Å². The lowest BCUT2D eigenvalue weighted by molar-refractivity contribution is -0.902. The molecule has 0 spiro atoms. The number of piperazine rings is 1. The molecule has 0 bridgehead atoms. The summed E-state index contributed by atoms with van der Waals surface area (Å²) in [5.74, 6) is 1.39. The van der Waals surface area contributed by atoms with E-state index in [1.54, 1.807) is 11.0 Å². The number of carbonyl (C=O) groups is 1. The maximum Gasteiger partial charge on any atom is 0.286 e. The average molecular weight is 306 g/mol. The van der Waals surface area contributed by atoms with E-state index in [9.17, 15) is 4.79 Å². The molecule has 1 aromatic rings. The molecule has 5 nitrogen and oxygen atoms in total. The molecule has 0 unspecified atom stereocenters. The van der Waals surface area contributed by atoms with Gasteiger partial charge in [0.25, 0.3) is 5.91 Å². The van der Waals surface area contributed by atoms with Gasteiger partial charge in [0.15, 0.2) is 5.17 Å². The number of hydrogen-bond donors (Lipinski definition) is 1. The third-order valence-corrected chi connectivity index (χ3v) is 4.93. The van der Waals surface area contributed by atoms with Gasteiger partial charge in [0.1, 0.15) is 11.5 Å². The molecule has 1 saturated heterocycles. The molecule has 1 fully saturated rings. The van der Waals surface area contributed by atoms with Gasteiger partial charge >= 0.3 is 0 Å². The minimum absolute atomic E-state index is 0.158. The van der Waals surface area contributed by atoms with E-state index in [0.29, 0.717) is 10.7 Å². The van der Waals surface area contributed by atoms with Crippen molar-refractivity contribution < 1.29 is 14.1 Å². The van der Waals surface area contributed by atoms with Gasteiger partial charge in [-0.2, -0.15) is 4.99 Å². The number of furan rings is 1. The fraction of sp³-hybridized carbons (Fsp3) is 0.467. The summed E-state index contributed by atoms with van der Waals surface area (Å²) in [7, 11) is 0. The Morgan fingerprint density at radius 1 is 1.43 bits per heavy atom. The number of aliphatic imine (C=N–C) groups is 1. The van der Waals surface area contributed by atoms with E-state index in [2.05, 4.69) is 16.8 Å². The Hall–Kier alpha value is -1.53. The van der Waals surface area contributed by atoms with Gasteiger partial charge in [-0.3, -0.25) is 4.79 Å². The lowest BCUT2D eigenvalue weighted by Gasteiger charge is -2.32. The minimum Gasteiger partial charge on any atom is -0.462 e. The van der Waals surface area contributed by atoms with Crippen LogP contribution in [0.15, 0.2) is 26.4 Å². The molecule has 112 valence electrons. The lowest BCUT2D eigenvalue weighted by atomic mass is 10.3. The lowest BCUT2D eigenvalue weighted by Crippen LogP contribution is -3.14. The second-order valence-corrected chi connectivity index (χ2v) is 6.36. The zero-order chi connectivity index (χ0) is 14.8. The summed E-state index contributed by atoms with van der Waals surface area (Å²) in [5.41, 5.74) is 0. The van der Waals surface area contributed by atoms with E-state index in [4.69, 9.17) is 4.42 Å². The maximum atomic E-state index is 12.0. The maximum absolute atomic E-state index is 12.0. The second kappa shape index (κ2) is 6.07. The van der Waals surface area contributed by atoms with Gasteiger partial charge in [0.2, 0.25) is 0 Å². The molecule has 21 heavy (non-hydrogen) atoms. The van der Waals surface area contributed by atoms with Crippen LogP contribution in [0.4, 0.5) is 0 Å². The van der Waals surface area contributed by atoms with Crippen LogP contribution in [0.2, 0.25) is 0 Å². The second-order valence-electron chi connectivity index (χ2n) is 5.35. The van der Waals surface area contributed by atoms with Crippen LogP contribution in [0, 0.1) is 6.92 Å². The van der Waals surface area contributed by atoms with Gasteiger partial charge < -0.3 is 14.2 Å². The highest BCUT2D eigenvalue weighted by Gasteiger charge is 2.29. The van der Waals surface area contributed by atoms with Gasteiger partial charge in [0, 0.05) is 6.08 Å². The molecule has 6 heteroatoms. The van der Waals surface area contributed by atoms with Gasteiger partial charge in [-0.1, -0.05) is 0 Å². The number of nitrogens with zero attached hydrogens (tertiary/aromatic N) is 2. The molecule has 2 aliphatic heterocycles. The van der Waals surface area contributed by atoms with Crippen molar-refractivity contribution in [3.8, 4) is 0 Å². The first-order chi connectivity index (χ1) is 10.2. The normalized spacial score (nSPS) is 22.2. The first-order valence-corrected chi connectivity index (χ1v) is 8.15. The monoisotopic (exact) mass is 306 g/mol. The van der Waals surface area contributed by atoms with Crippen molar-refractivity contribution in [2.24, 2.45) is 4.99 Å². The van der Waals surface area contributed by atoms with Crippen molar-refractivity contribution in [3.63, 3.8) is 0 Å². The fourth-order valence-electron chi connectivity index (χ4n) is 2.56. The van der Waals surface area contributed by atoms with Gasteiger partial charge in [-0.25, -0.2) is 0 Å². The Bertz CT molecular complexity index is 598. The summed E-state index contributed by atoms with van der Waals surface area (Å²) < 4.78 is 5.49. The van der Waals surface area contributed by atoms with E-state index >= 15 is 0 Å². The van der Waals surface area contributed by atoms with E-state index in [1.165, 1.54) is 11.8 Å². The predicted molar refractivity (Wildman–Crippen MR) is 84.3 cm³/mol. The summed E-state index contributed by atoms with van der Waals surface area (Å²) >= 11 is 1.46. The van der Waals surface area contributed by atoms with Crippen LogP contribution in [0.3, 0.4) is 0 Å². The smallest absolute Gasteiger partial charge is 0.286 e. The Kier molecular flexibility index (Phi) is 4.17. The van der Waals surface area contributed by atoms with Crippen LogP contribution in [0.25, 0.3) is 6.08 Å². The molecule has 1 amide bonds. The molecule has 0 aromatic carbocycles. The van der Waals surface area contributed by atoms with Crippen LogP contribution < -0.4 is 4.90 Å². The van der Waals surface area contributed by atoms with Crippen LogP contribution in [0.5, 0.6) is 0 Å². The first kappa shape index (κ1) is 14.4. The number of thioether (sulfide) groups is 1. The quantitative estimate of drug-likeness (QED) is 0.821. The topological polar surface area (TPSA) is 50.2 Å². The Labute approximate surface area is 128 Å². The van der Waals surface area contributed by atoms with Crippen molar-refractivity contribution in [2.45, 2.75) is 13.8 Å². The Balaban J connectivity index is 1.66. The van der Waals surface area contributed by atoms with E-state index < -0.39 is 0 Å². The molecule has 0 saturated carbocycles. The van der Waals surface area contributed by atoms with Crippen molar-refractivity contribution in [2.75, 3.05) is 32.7 Å². The number of likely N-dealkylation sites (N-methyl/N-ethyl adjacent to an activating group) is 1. The van der Waals surface area contributed by atoms with Crippen LogP contribution in [-0.4, -0.2) is 48.7 Å². The van der Waals surface area contributed by atoms with Crippen LogP contribution in [0.1, 0.15) is 18.4 Å². The Morgan fingerprint density at radius 3 is 2.81 bits per heavy atom. The summed E-state index contributed by atoms with van der Waals surface area (Å²) in [4.78, 5) is 20.7. The van der Waals surface area contributed by atoms with Crippen molar-refractivity contribution in [1.82, 2.24) is 4.90 Å².